The maximum atomic E-state index is 11.9. The Balaban J connectivity index is 2.61. The van der Waals surface area contributed by atoms with Crippen molar-refractivity contribution in [1.82, 2.24) is 0 Å². The lowest BCUT2D eigenvalue weighted by Crippen LogP contribution is -2.04. The topological polar surface area (TPSA) is 83.8 Å². The average molecular weight is 294 g/mol. The first-order chi connectivity index (χ1) is 9.44. The monoisotopic (exact) mass is 294 g/mol. The van der Waals surface area contributed by atoms with Crippen molar-refractivity contribution in [2.45, 2.75) is 13.1 Å². The van der Waals surface area contributed by atoms with Crippen molar-refractivity contribution in [2.24, 2.45) is 0 Å². The third-order valence-electron chi connectivity index (χ3n) is 2.96. The molecule has 0 aliphatic rings. The normalized spacial score (nSPS) is 14.1. The molecule has 0 heterocycles. The van der Waals surface area contributed by atoms with Gasteiger partial charge in [-0.3, -0.25) is 4.57 Å². The Labute approximate surface area is 116 Å². The van der Waals surface area contributed by atoms with Gasteiger partial charge in [0.05, 0.1) is 18.3 Å². The van der Waals surface area contributed by atoms with Crippen molar-refractivity contribution in [2.75, 3.05) is 6.61 Å². The number of fused-ring (bicyclic) bond motifs is 1. The lowest BCUT2D eigenvalue weighted by Gasteiger charge is -2.14. The lowest BCUT2D eigenvalue weighted by molar-refractivity contribution is 0.0696. The molecule has 20 heavy (non-hydrogen) atoms. The summed E-state index contributed by atoms with van der Waals surface area (Å²) in [6, 6.07) is 10.3. The Morgan fingerprint density at radius 1 is 1.25 bits per heavy atom. The summed E-state index contributed by atoms with van der Waals surface area (Å²) in [5.74, 6) is -1.12. The molecule has 0 saturated heterocycles. The number of carboxylic acids is 1. The van der Waals surface area contributed by atoms with E-state index in [0.29, 0.717) is 10.9 Å². The molecule has 0 amide bonds. The van der Waals surface area contributed by atoms with Crippen LogP contribution in [0.3, 0.4) is 0 Å². The quantitative estimate of drug-likeness (QED) is 0.827. The maximum Gasteiger partial charge on any atom is 0.336 e. The molecule has 2 N–H and O–H groups in total. The zero-order chi connectivity index (χ0) is 14.8. The van der Waals surface area contributed by atoms with Crippen molar-refractivity contribution in [3.63, 3.8) is 0 Å². The van der Waals surface area contributed by atoms with E-state index in [0.717, 1.165) is 5.39 Å². The smallest absolute Gasteiger partial charge is 0.336 e. The second kappa shape index (κ2) is 5.75. The fraction of sp³-hybridized carbons (Fsp3) is 0.214. The number of benzene rings is 2. The standard InChI is InChI=1S/C14H15O5P/c1-2-19-20(17,18)9-13-11-6-4-3-5-10(11)7-8-12(13)14(15)16/h3-8H,2,9H2,1H3,(H,15,16)(H,17,18). The molecule has 2 aromatic rings. The van der Waals surface area contributed by atoms with Crippen LogP contribution >= 0.6 is 7.60 Å². The van der Waals surface area contributed by atoms with Crippen molar-refractivity contribution in [3.8, 4) is 0 Å². The van der Waals surface area contributed by atoms with E-state index in [1.54, 1.807) is 25.1 Å². The van der Waals surface area contributed by atoms with Gasteiger partial charge in [0, 0.05) is 0 Å². The zero-order valence-corrected chi connectivity index (χ0v) is 11.8. The molecule has 0 saturated carbocycles. The van der Waals surface area contributed by atoms with Gasteiger partial charge in [-0.2, -0.15) is 0 Å². The second-order valence-electron chi connectivity index (χ2n) is 4.33. The Morgan fingerprint density at radius 2 is 1.95 bits per heavy atom. The summed E-state index contributed by atoms with van der Waals surface area (Å²) >= 11 is 0. The number of carbonyl (C=O) groups is 1. The van der Waals surface area contributed by atoms with E-state index in [2.05, 4.69) is 0 Å². The molecule has 0 aliphatic heterocycles. The van der Waals surface area contributed by atoms with Gasteiger partial charge in [-0.15, -0.1) is 0 Å². The summed E-state index contributed by atoms with van der Waals surface area (Å²) in [6.07, 6.45) is -0.316. The number of hydrogen-bond donors (Lipinski definition) is 2. The number of hydrogen-bond acceptors (Lipinski definition) is 3. The van der Waals surface area contributed by atoms with Gasteiger partial charge in [0.25, 0.3) is 0 Å². The van der Waals surface area contributed by atoms with Crippen LogP contribution in [-0.4, -0.2) is 22.6 Å². The van der Waals surface area contributed by atoms with Crippen LogP contribution in [0.5, 0.6) is 0 Å². The molecule has 0 spiro atoms. The zero-order valence-electron chi connectivity index (χ0n) is 10.9. The summed E-state index contributed by atoms with van der Waals surface area (Å²) in [7, 11) is -3.85. The first-order valence-corrected chi connectivity index (χ1v) is 7.91. The molecule has 0 bridgehead atoms. The van der Waals surface area contributed by atoms with Gasteiger partial charge >= 0.3 is 13.6 Å². The van der Waals surface area contributed by atoms with E-state index in [1.807, 2.05) is 12.1 Å². The molecule has 0 aliphatic carbocycles. The molecule has 0 radical (unpaired) electrons. The highest BCUT2D eigenvalue weighted by Crippen LogP contribution is 2.47. The predicted octanol–water partition coefficient (Wildman–Crippen LogP) is 3.26. The van der Waals surface area contributed by atoms with Crippen molar-refractivity contribution < 1.29 is 23.9 Å². The van der Waals surface area contributed by atoms with E-state index in [-0.39, 0.29) is 18.3 Å². The lowest BCUT2D eigenvalue weighted by atomic mass is 10.0. The van der Waals surface area contributed by atoms with Crippen molar-refractivity contribution >= 4 is 24.3 Å². The minimum atomic E-state index is -3.85. The largest absolute Gasteiger partial charge is 0.478 e. The van der Waals surface area contributed by atoms with Gasteiger partial charge in [-0.1, -0.05) is 30.3 Å². The Morgan fingerprint density at radius 3 is 2.60 bits per heavy atom. The first kappa shape index (κ1) is 14.7. The number of carboxylic acid groups (broad SMARTS) is 1. The third kappa shape index (κ3) is 3.07. The maximum absolute atomic E-state index is 11.9. The van der Waals surface area contributed by atoms with Crippen LogP contribution in [0, 0.1) is 0 Å². The molecular weight excluding hydrogens is 279 g/mol. The highest BCUT2D eigenvalue weighted by molar-refractivity contribution is 7.52. The van der Waals surface area contributed by atoms with Crippen LogP contribution in [-0.2, 0) is 15.3 Å². The molecule has 1 unspecified atom stereocenters. The molecule has 6 heteroatoms. The van der Waals surface area contributed by atoms with Gasteiger partial charge in [0.1, 0.15) is 0 Å². The summed E-state index contributed by atoms with van der Waals surface area (Å²) in [4.78, 5) is 21.1. The molecule has 2 rings (SSSR count). The fourth-order valence-corrected chi connectivity index (χ4v) is 3.39. The minimum Gasteiger partial charge on any atom is -0.478 e. The summed E-state index contributed by atoms with van der Waals surface area (Å²) in [5.41, 5.74) is 0.354. The predicted molar refractivity (Wildman–Crippen MR) is 76.1 cm³/mol. The van der Waals surface area contributed by atoms with Crippen LogP contribution in [0.1, 0.15) is 22.8 Å². The van der Waals surface area contributed by atoms with Gasteiger partial charge in [0.15, 0.2) is 0 Å². The van der Waals surface area contributed by atoms with Crippen molar-refractivity contribution in [1.29, 1.82) is 0 Å². The van der Waals surface area contributed by atoms with Crippen LogP contribution in [0.25, 0.3) is 10.8 Å². The Kier molecular flexibility index (Phi) is 4.23. The van der Waals surface area contributed by atoms with Crippen LogP contribution in [0.2, 0.25) is 0 Å². The summed E-state index contributed by atoms with van der Waals surface area (Å²) in [6.45, 7) is 1.71. The molecule has 106 valence electrons. The van der Waals surface area contributed by atoms with Crippen molar-refractivity contribution in [3.05, 3.63) is 47.5 Å². The number of aromatic carboxylic acids is 1. The molecule has 5 nitrogen and oxygen atoms in total. The SMILES string of the molecule is CCOP(=O)(O)Cc1c(C(=O)O)ccc2ccccc12. The van der Waals surface area contributed by atoms with E-state index in [9.17, 15) is 19.4 Å². The van der Waals surface area contributed by atoms with E-state index < -0.39 is 13.6 Å². The highest BCUT2D eigenvalue weighted by Gasteiger charge is 2.24. The molecule has 0 aromatic heterocycles. The first-order valence-electron chi connectivity index (χ1n) is 6.15. The second-order valence-corrected chi connectivity index (χ2v) is 6.18. The van der Waals surface area contributed by atoms with Gasteiger partial charge in [-0.25, -0.2) is 4.79 Å². The molecular formula is C14H15O5P. The Bertz CT molecular complexity index is 695. The van der Waals surface area contributed by atoms with Gasteiger partial charge < -0.3 is 14.5 Å². The van der Waals surface area contributed by atoms with Crippen LogP contribution < -0.4 is 0 Å². The summed E-state index contributed by atoms with van der Waals surface area (Å²) in [5, 5.41) is 10.7. The van der Waals surface area contributed by atoms with Crippen LogP contribution in [0.15, 0.2) is 36.4 Å². The number of rotatable bonds is 5. The van der Waals surface area contributed by atoms with E-state index in [4.69, 9.17) is 4.52 Å². The van der Waals surface area contributed by atoms with Crippen LogP contribution in [0.4, 0.5) is 0 Å². The van der Waals surface area contributed by atoms with Gasteiger partial charge in [-0.05, 0) is 29.3 Å². The Hall–Kier alpha value is -1.68. The van der Waals surface area contributed by atoms with E-state index in [1.165, 1.54) is 6.07 Å². The molecule has 1 atom stereocenters. The minimum absolute atomic E-state index is 0.0256. The van der Waals surface area contributed by atoms with Gasteiger partial charge in [0.2, 0.25) is 0 Å². The molecule has 0 fully saturated rings. The fourth-order valence-electron chi connectivity index (χ4n) is 2.15. The average Bonchev–Trinajstić information content (AvgIpc) is 2.38. The highest BCUT2D eigenvalue weighted by atomic mass is 31.2. The third-order valence-corrected chi connectivity index (χ3v) is 4.34. The van der Waals surface area contributed by atoms with E-state index >= 15 is 0 Å². The molecule has 2 aromatic carbocycles. The summed E-state index contributed by atoms with van der Waals surface area (Å²) < 4.78 is 16.8.